The molecule has 4 heteroatoms. The molecule has 90 valence electrons. The summed E-state index contributed by atoms with van der Waals surface area (Å²) in [6.07, 6.45) is 5.78. The van der Waals surface area contributed by atoms with Crippen molar-refractivity contribution in [3.05, 3.63) is 18.1 Å². The van der Waals surface area contributed by atoms with Gasteiger partial charge in [-0.05, 0) is 25.8 Å². The van der Waals surface area contributed by atoms with Crippen LogP contribution >= 0.6 is 0 Å². The lowest BCUT2D eigenvalue weighted by Crippen LogP contribution is -2.22. The molecule has 1 rings (SSSR count). The topological polar surface area (TPSA) is 63.8 Å². The normalized spacial score (nSPS) is 12.4. The highest BCUT2D eigenvalue weighted by molar-refractivity contribution is 5.35. The van der Waals surface area contributed by atoms with Crippen LogP contribution in [0.15, 0.2) is 12.4 Å². The summed E-state index contributed by atoms with van der Waals surface area (Å²) in [5, 5.41) is 3.40. The molecule has 1 heterocycles. The van der Waals surface area contributed by atoms with Gasteiger partial charge in [0.15, 0.2) is 0 Å². The van der Waals surface area contributed by atoms with Crippen LogP contribution < -0.4 is 11.1 Å². The van der Waals surface area contributed by atoms with E-state index in [-0.39, 0.29) is 0 Å². The number of hydrogen-bond donors (Lipinski definition) is 2. The SMILES string of the molecule is CCCc1cc(NC(CC)CCN)ncn1. The first-order chi connectivity index (χ1) is 7.80. The number of anilines is 1. The summed E-state index contributed by atoms with van der Waals surface area (Å²) in [7, 11) is 0. The van der Waals surface area contributed by atoms with Crippen LogP contribution in [0.1, 0.15) is 38.8 Å². The molecule has 0 aliphatic heterocycles. The van der Waals surface area contributed by atoms with Gasteiger partial charge in [-0.2, -0.15) is 0 Å². The van der Waals surface area contributed by atoms with Crippen LogP contribution in [0, 0.1) is 0 Å². The molecular formula is C12H22N4. The summed E-state index contributed by atoms with van der Waals surface area (Å²) in [5.74, 6) is 0.916. The van der Waals surface area contributed by atoms with Crippen LogP contribution in [0.4, 0.5) is 5.82 Å². The molecule has 1 atom stereocenters. The Labute approximate surface area is 97.7 Å². The quantitative estimate of drug-likeness (QED) is 0.740. The summed E-state index contributed by atoms with van der Waals surface area (Å²) in [4.78, 5) is 8.46. The van der Waals surface area contributed by atoms with Gasteiger partial charge in [0.2, 0.25) is 0 Å². The smallest absolute Gasteiger partial charge is 0.129 e. The molecule has 1 unspecified atom stereocenters. The number of aromatic nitrogens is 2. The fraction of sp³-hybridized carbons (Fsp3) is 0.667. The molecule has 4 nitrogen and oxygen atoms in total. The van der Waals surface area contributed by atoms with Gasteiger partial charge in [-0.25, -0.2) is 9.97 Å². The Hall–Kier alpha value is -1.16. The lowest BCUT2D eigenvalue weighted by atomic mass is 10.1. The highest BCUT2D eigenvalue weighted by Gasteiger charge is 2.06. The van der Waals surface area contributed by atoms with Crippen molar-refractivity contribution in [2.45, 2.75) is 45.6 Å². The Morgan fingerprint density at radius 2 is 2.19 bits per heavy atom. The van der Waals surface area contributed by atoms with Crippen molar-refractivity contribution in [2.24, 2.45) is 5.73 Å². The number of aryl methyl sites for hydroxylation is 1. The minimum absolute atomic E-state index is 0.411. The van der Waals surface area contributed by atoms with Gasteiger partial charge in [0.05, 0.1) is 0 Å². The molecule has 0 aliphatic rings. The minimum atomic E-state index is 0.411. The second-order valence-corrected chi connectivity index (χ2v) is 3.97. The summed E-state index contributed by atoms with van der Waals surface area (Å²) in [5.41, 5.74) is 6.66. The van der Waals surface area contributed by atoms with E-state index in [0.29, 0.717) is 12.6 Å². The Morgan fingerprint density at radius 1 is 1.38 bits per heavy atom. The van der Waals surface area contributed by atoms with E-state index in [4.69, 9.17) is 5.73 Å². The van der Waals surface area contributed by atoms with Gasteiger partial charge >= 0.3 is 0 Å². The van der Waals surface area contributed by atoms with Crippen LogP contribution in [0.25, 0.3) is 0 Å². The number of rotatable bonds is 7. The third-order valence-corrected chi connectivity index (χ3v) is 2.59. The van der Waals surface area contributed by atoms with Crippen molar-refractivity contribution in [2.75, 3.05) is 11.9 Å². The van der Waals surface area contributed by atoms with Gasteiger partial charge in [0.25, 0.3) is 0 Å². The van der Waals surface area contributed by atoms with Crippen LogP contribution in [-0.2, 0) is 6.42 Å². The highest BCUT2D eigenvalue weighted by Crippen LogP contribution is 2.10. The zero-order chi connectivity index (χ0) is 11.8. The van der Waals surface area contributed by atoms with E-state index in [1.54, 1.807) is 6.33 Å². The van der Waals surface area contributed by atoms with Crippen molar-refractivity contribution in [1.29, 1.82) is 0 Å². The van der Waals surface area contributed by atoms with Crippen molar-refractivity contribution in [1.82, 2.24) is 9.97 Å². The molecule has 1 aromatic rings. The Balaban J connectivity index is 2.60. The van der Waals surface area contributed by atoms with Gasteiger partial charge in [0.1, 0.15) is 12.1 Å². The minimum Gasteiger partial charge on any atom is -0.367 e. The van der Waals surface area contributed by atoms with E-state index in [1.807, 2.05) is 6.07 Å². The predicted molar refractivity (Wildman–Crippen MR) is 67.4 cm³/mol. The van der Waals surface area contributed by atoms with E-state index in [0.717, 1.165) is 37.2 Å². The molecule has 0 fully saturated rings. The van der Waals surface area contributed by atoms with E-state index in [2.05, 4.69) is 29.1 Å². The Bertz CT molecular complexity index is 301. The van der Waals surface area contributed by atoms with Crippen LogP contribution in [0.3, 0.4) is 0 Å². The monoisotopic (exact) mass is 222 g/mol. The maximum absolute atomic E-state index is 5.56. The molecule has 0 aliphatic carbocycles. The Kier molecular flexibility index (Phi) is 5.78. The molecule has 0 aromatic carbocycles. The fourth-order valence-corrected chi connectivity index (χ4v) is 1.66. The van der Waals surface area contributed by atoms with Crippen molar-refractivity contribution in [3.63, 3.8) is 0 Å². The summed E-state index contributed by atoms with van der Waals surface area (Å²) in [6.45, 7) is 5.01. The van der Waals surface area contributed by atoms with Crippen molar-refractivity contribution >= 4 is 5.82 Å². The maximum atomic E-state index is 5.56. The molecule has 0 saturated carbocycles. The molecule has 16 heavy (non-hydrogen) atoms. The van der Waals surface area contributed by atoms with E-state index < -0.39 is 0 Å². The summed E-state index contributed by atoms with van der Waals surface area (Å²) < 4.78 is 0. The second kappa shape index (κ2) is 7.17. The largest absolute Gasteiger partial charge is 0.367 e. The molecule has 0 radical (unpaired) electrons. The fourth-order valence-electron chi connectivity index (χ4n) is 1.66. The molecule has 0 spiro atoms. The maximum Gasteiger partial charge on any atom is 0.129 e. The lowest BCUT2D eigenvalue weighted by Gasteiger charge is -2.16. The van der Waals surface area contributed by atoms with E-state index in [1.165, 1.54) is 0 Å². The number of nitrogens with two attached hydrogens (primary N) is 1. The third kappa shape index (κ3) is 4.14. The molecule has 3 N–H and O–H groups in total. The first-order valence-corrected chi connectivity index (χ1v) is 6.07. The zero-order valence-corrected chi connectivity index (χ0v) is 10.2. The third-order valence-electron chi connectivity index (χ3n) is 2.59. The highest BCUT2D eigenvalue weighted by atomic mass is 15.0. The first kappa shape index (κ1) is 12.9. The molecular weight excluding hydrogens is 200 g/mol. The van der Waals surface area contributed by atoms with Crippen molar-refractivity contribution in [3.8, 4) is 0 Å². The van der Waals surface area contributed by atoms with E-state index >= 15 is 0 Å². The number of nitrogens with zero attached hydrogens (tertiary/aromatic N) is 2. The van der Waals surface area contributed by atoms with E-state index in [9.17, 15) is 0 Å². The average Bonchev–Trinajstić information content (AvgIpc) is 2.29. The Morgan fingerprint density at radius 3 is 2.81 bits per heavy atom. The second-order valence-electron chi connectivity index (χ2n) is 3.97. The van der Waals surface area contributed by atoms with Gasteiger partial charge in [-0.3, -0.25) is 0 Å². The first-order valence-electron chi connectivity index (χ1n) is 6.07. The number of hydrogen-bond acceptors (Lipinski definition) is 4. The van der Waals surface area contributed by atoms with Crippen molar-refractivity contribution < 1.29 is 0 Å². The van der Waals surface area contributed by atoms with Gasteiger partial charge < -0.3 is 11.1 Å². The molecule has 0 bridgehead atoms. The molecule has 1 aromatic heterocycles. The summed E-state index contributed by atoms with van der Waals surface area (Å²) >= 11 is 0. The molecule has 0 amide bonds. The van der Waals surface area contributed by atoms with Crippen LogP contribution in [0.2, 0.25) is 0 Å². The molecule has 0 saturated heterocycles. The van der Waals surface area contributed by atoms with Crippen LogP contribution in [-0.4, -0.2) is 22.6 Å². The number of nitrogens with one attached hydrogen (secondary N) is 1. The lowest BCUT2D eigenvalue weighted by molar-refractivity contribution is 0.639. The average molecular weight is 222 g/mol. The van der Waals surface area contributed by atoms with Crippen LogP contribution in [0.5, 0.6) is 0 Å². The van der Waals surface area contributed by atoms with Gasteiger partial charge in [-0.1, -0.05) is 20.3 Å². The van der Waals surface area contributed by atoms with Gasteiger partial charge in [0, 0.05) is 17.8 Å². The van der Waals surface area contributed by atoms with Gasteiger partial charge in [-0.15, -0.1) is 0 Å². The zero-order valence-electron chi connectivity index (χ0n) is 10.2. The predicted octanol–water partition coefficient (Wildman–Crippen LogP) is 1.97. The summed E-state index contributed by atoms with van der Waals surface area (Å²) in [6, 6.07) is 2.44. The standard InChI is InChI=1S/C12H22N4/c1-3-5-11-8-12(15-9-14-11)16-10(4-2)6-7-13/h8-10H,3-7,13H2,1-2H3,(H,14,15,16).